The van der Waals surface area contributed by atoms with E-state index in [9.17, 15) is 9.59 Å². The standard InChI is InChI=1S/C18H13NO2/c1-9(20)11-5-7-15-17-13(11)3-4-14-12(10(2)21)6-8-16(19-15)18(14)17/h3-8,19H,1-2H3. The highest BCUT2D eigenvalue weighted by molar-refractivity contribution is 6.28. The zero-order valence-corrected chi connectivity index (χ0v) is 11.8. The summed E-state index contributed by atoms with van der Waals surface area (Å²) >= 11 is 0. The van der Waals surface area contributed by atoms with Gasteiger partial charge in [0.05, 0.1) is 0 Å². The van der Waals surface area contributed by atoms with Crippen LogP contribution in [0.25, 0.3) is 32.6 Å². The summed E-state index contributed by atoms with van der Waals surface area (Å²) in [6.45, 7) is 3.16. The molecule has 0 spiro atoms. The number of carbonyl (C=O) groups excluding carboxylic acids is 2. The number of rotatable bonds is 2. The summed E-state index contributed by atoms with van der Waals surface area (Å²) in [7, 11) is 0. The van der Waals surface area contributed by atoms with Crippen LogP contribution in [0.1, 0.15) is 34.6 Å². The van der Waals surface area contributed by atoms with Gasteiger partial charge < -0.3 is 4.98 Å². The molecule has 4 aromatic rings. The number of Topliss-reactive ketones (excluding diaryl/α,β-unsaturated/α-hetero) is 2. The van der Waals surface area contributed by atoms with Gasteiger partial charge in [0.25, 0.3) is 0 Å². The van der Waals surface area contributed by atoms with E-state index in [4.69, 9.17) is 0 Å². The molecule has 1 N–H and O–H groups in total. The molecule has 0 fully saturated rings. The van der Waals surface area contributed by atoms with Gasteiger partial charge in [-0.2, -0.15) is 0 Å². The van der Waals surface area contributed by atoms with E-state index in [1.165, 1.54) is 0 Å². The van der Waals surface area contributed by atoms with Crippen molar-refractivity contribution in [3.63, 3.8) is 0 Å². The van der Waals surface area contributed by atoms with Gasteiger partial charge in [0.2, 0.25) is 0 Å². The van der Waals surface area contributed by atoms with E-state index in [1.807, 2.05) is 36.4 Å². The monoisotopic (exact) mass is 275 g/mol. The normalized spacial score (nSPS) is 11.7. The molecule has 0 amide bonds. The Morgan fingerprint density at radius 1 is 0.714 bits per heavy atom. The van der Waals surface area contributed by atoms with Crippen LogP contribution in [0.15, 0.2) is 36.4 Å². The Hall–Kier alpha value is -2.68. The molecule has 21 heavy (non-hydrogen) atoms. The van der Waals surface area contributed by atoms with Gasteiger partial charge in [-0.25, -0.2) is 0 Å². The first-order chi connectivity index (χ1) is 10.1. The van der Waals surface area contributed by atoms with Crippen LogP contribution in [-0.2, 0) is 0 Å². The molecule has 3 nitrogen and oxygen atoms in total. The van der Waals surface area contributed by atoms with Crippen LogP contribution >= 0.6 is 0 Å². The Balaban J connectivity index is 2.30. The molecule has 3 aromatic carbocycles. The van der Waals surface area contributed by atoms with Gasteiger partial charge in [0, 0.05) is 32.9 Å². The first kappa shape index (κ1) is 12.1. The van der Waals surface area contributed by atoms with Gasteiger partial charge in [-0.15, -0.1) is 0 Å². The summed E-state index contributed by atoms with van der Waals surface area (Å²) in [6.07, 6.45) is 0. The fourth-order valence-corrected chi connectivity index (χ4v) is 3.26. The number of H-pyrrole nitrogens is 1. The van der Waals surface area contributed by atoms with Gasteiger partial charge in [-0.3, -0.25) is 9.59 Å². The summed E-state index contributed by atoms with van der Waals surface area (Å²) in [5.41, 5.74) is 3.43. The van der Waals surface area contributed by atoms with Gasteiger partial charge in [0.1, 0.15) is 0 Å². The Bertz CT molecular complexity index is 957. The summed E-state index contributed by atoms with van der Waals surface area (Å²) in [5.74, 6) is 0.106. The van der Waals surface area contributed by atoms with Crippen molar-refractivity contribution >= 4 is 44.1 Å². The number of nitrogens with one attached hydrogen (secondary N) is 1. The van der Waals surface area contributed by atoms with E-state index in [0.717, 1.165) is 43.7 Å². The number of hydrogen-bond donors (Lipinski definition) is 1. The Kier molecular flexibility index (Phi) is 2.25. The average Bonchev–Trinajstić information content (AvgIpc) is 2.83. The Labute approximate surface area is 120 Å². The molecule has 1 aromatic heterocycles. The fourth-order valence-electron chi connectivity index (χ4n) is 3.26. The first-order valence-electron chi connectivity index (χ1n) is 6.89. The quantitative estimate of drug-likeness (QED) is 0.437. The molecule has 0 aliphatic heterocycles. The Morgan fingerprint density at radius 2 is 1.14 bits per heavy atom. The SMILES string of the molecule is CC(=O)c1ccc2[nH]c3ccc(C(C)=O)c4ccc1c2c34. The third-order valence-electron chi connectivity index (χ3n) is 4.19. The summed E-state index contributed by atoms with van der Waals surface area (Å²) in [5, 5.41) is 3.97. The molecule has 0 saturated carbocycles. The number of benzene rings is 3. The largest absolute Gasteiger partial charge is 0.354 e. The highest BCUT2D eigenvalue weighted by Crippen LogP contribution is 2.37. The second kappa shape index (κ2) is 3.92. The second-order valence-electron chi connectivity index (χ2n) is 5.47. The van der Waals surface area contributed by atoms with Crippen molar-refractivity contribution in [3.8, 4) is 0 Å². The van der Waals surface area contributed by atoms with Gasteiger partial charge in [-0.05, 0) is 48.9 Å². The molecule has 3 heteroatoms. The van der Waals surface area contributed by atoms with E-state index in [1.54, 1.807) is 13.8 Å². The molecule has 0 aliphatic carbocycles. The lowest BCUT2D eigenvalue weighted by molar-refractivity contribution is 0.101. The van der Waals surface area contributed by atoms with Crippen molar-refractivity contribution in [1.29, 1.82) is 0 Å². The maximum absolute atomic E-state index is 11.8. The zero-order chi connectivity index (χ0) is 14.7. The van der Waals surface area contributed by atoms with Crippen LogP contribution < -0.4 is 0 Å². The predicted molar refractivity (Wildman–Crippen MR) is 84.5 cm³/mol. The first-order valence-corrected chi connectivity index (χ1v) is 6.89. The maximum Gasteiger partial charge on any atom is 0.160 e. The van der Waals surface area contributed by atoms with Crippen LogP contribution in [0.2, 0.25) is 0 Å². The minimum absolute atomic E-state index is 0.0528. The van der Waals surface area contributed by atoms with E-state index >= 15 is 0 Å². The maximum atomic E-state index is 11.8. The molecule has 0 unspecified atom stereocenters. The number of aromatic amines is 1. The highest BCUT2D eigenvalue weighted by atomic mass is 16.1. The lowest BCUT2D eigenvalue weighted by Gasteiger charge is -2.08. The molecule has 0 saturated heterocycles. The molecule has 0 atom stereocenters. The highest BCUT2D eigenvalue weighted by Gasteiger charge is 2.17. The minimum atomic E-state index is 0.0528. The molecule has 0 radical (unpaired) electrons. The van der Waals surface area contributed by atoms with Crippen LogP contribution in [0.3, 0.4) is 0 Å². The molecular weight excluding hydrogens is 262 g/mol. The van der Waals surface area contributed by atoms with Crippen LogP contribution in [0.4, 0.5) is 0 Å². The molecule has 0 aliphatic rings. The van der Waals surface area contributed by atoms with Crippen molar-refractivity contribution in [2.24, 2.45) is 0 Å². The third-order valence-corrected chi connectivity index (χ3v) is 4.19. The van der Waals surface area contributed by atoms with E-state index < -0.39 is 0 Å². The number of ketones is 2. The lowest BCUT2D eigenvalue weighted by atomic mass is 9.94. The molecule has 4 rings (SSSR count). The fraction of sp³-hybridized carbons (Fsp3) is 0.111. The zero-order valence-electron chi connectivity index (χ0n) is 11.8. The number of hydrogen-bond acceptors (Lipinski definition) is 2. The van der Waals surface area contributed by atoms with Crippen molar-refractivity contribution < 1.29 is 9.59 Å². The molecule has 0 bridgehead atoms. The van der Waals surface area contributed by atoms with Crippen LogP contribution in [0, 0.1) is 0 Å². The van der Waals surface area contributed by atoms with Gasteiger partial charge >= 0.3 is 0 Å². The van der Waals surface area contributed by atoms with Crippen molar-refractivity contribution in [2.75, 3.05) is 0 Å². The summed E-state index contributed by atoms with van der Waals surface area (Å²) in [6, 6.07) is 11.5. The van der Waals surface area contributed by atoms with Gasteiger partial charge in [0.15, 0.2) is 11.6 Å². The topological polar surface area (TPSA) is 49.9 Å². The second-order valence-corrected chi connectivity index (χ2v) is 5.47. The van der Waals surface area contributed by atoms with Crippen LogP contribution in [0.5, 0.6) is 0 Å². The van der Waals surface area contributed by atoms with E-state index in [2.05, 4.69) is 4.98 Å². The molecular formula is C18H13NO2. The number of carbonyl (C=O) groups is 2. The van der Waals surface area contributed by atoms with E-state index in [0.29, 0.717) is 0 Å². The van der Waals surface area contributed by atoms with E-state index in [-0.39, 0.29) is 11.6 Å². The van der Waals surface area contributed by atoms with Gasteiger partial charge in [-0.1, -0.05) is 12.1 Å². The van der Waals surface area contributed by atoms with Crippen molar-refractivity contribution in [3.05, 3.63) is 47.5 Å². The van der Waals surface area contributed by atoms with Crippen LogP contribution in [-0.4, -0.2) is 16.6 Å². The summed E-state index contributed by atoms with van der Waals surface area (Å²) < 4.78 is 0. The van der Waals surface area contributed by atoms with Crippen molar-refractivity contribution in [2.45, 2.75) is 13.8 Å². The number of aromatic nitrogens is 1. The molecule has 102 valence electrons. The average molecular weight is 275 g/mol. The predicted octanol–water partition coefficient (Wildman–Crippen LogP) is 4.32. The third kappa shape index (κ3) is 1.49. The Morgan fingerprint density at radius 3 is 1.52 bits per heavy atom. The minimum Gasteiger partial charge on any atom is -0.354 e. The van der Waals surface area contributed by atoms with Crippen molar-refractivity contribution in [1.82, 2.24) is 4.98 Å². The smallest absolute Gasteiger partial charge is 0.160 e. The lowest BCUT2D eigenvalue weighted by Crippen LogP contribution is -1.95. The summed E-state index contributed by atoms with van der Waals surface area (Å²) in [4.78, 5) is 27.0. The molecule has 1 heterocycles.